The second kappa shape index (κ2) is 8.11. The average Bonchev–Trinajstić information content (AvgIpc) is 2.42. The van der Waals surface area contributed by atoms with Crippen molar-refractivity contribution in [3.63, 3.8) is 0 Å². The second-order valence-electron chi connectivity index (χ2n) is 4.82. The topological polar surface area (TPSA) is 41.5 Å². The Morgan fingerprint density at radius 2 is 1.89 bits per heavy atom. The molecule has 3 nitrogen and oxygen atoms in total. The Bertz CT molecular complexity index is 324. The number of nitrogens with one attached hydrogen (secondary N) is 1. The first-order valence-electron chi connectivity index (χ1n) is 6.73. The summed E-state index contributed by atoms with van der Waals surface area (Å²) in [7, 11) is 0. The summed E-state index contributed by atoms with van der Waals surface area (Å²) in [6, 6.07) is 8.48. The standard InChI is InChI=1S/C15H25NO2/c1-4-9-18-15-7-5-14(6-8-15)10-16-13(3)12(2)11-17/h5-8,12-13,16-17H,4,9-11H2,1-3H3. The quantitative estimate of drug-likeness (QED) is 0.746. The van der Waals surface area contributed by atoms with E-state index >= 15 is 0 Å². The first kappa shape index (κ1) is 15.0. The van der Waals surface area contributed by atoms with Crippen LogP contribution < -0.4 is 10.1 Å². The summed E-state index contributed by atoms with van der Waals surface area (Å²) in [5.41, 5.74) is 1.23. The molecule has 0 aliphatic heterocycles. The van der Waals surface area contributed by atoms with Gasteiger partial charge in [-0.15, -0.1) is 0 Å². The smallest absolute Gasteiger partial charge is 0.119 e. The Kier molecular flexibility index (Phi) is 6.76. The molecule has 0 fully saturated rings. The van der Waals surface area contributed by atoms with Crippen LogP contribution >= 0.6 is 0 Å². The van der Waals surface area contributed by atoms with E-state index in [4.69, 9.17) is 9.84 Å². The first-order valence-corrected chi connectivity index (χ1v) is 6.73. The van der Waals surface area contributed by atoms with Gasteiger partial charge in [0.1, 0.15) is 5.75 Å². The van der Waals surface area contributed by atoms with Crippen LogP contribution in [0.1, 0.15) is 32.8 Å². The third-order valence-corrected chi connectivity index (χ3v) is 3.17. The number of hydrogen-bond acceptors (Lipinski definition) is 3. The minimum atomic E-state index is 0.220. The first-order chi connectivity index (χ1) is 8.67. The molecule has 0 aromatic heterocycles. The summed E-state index contributed by atoms with van der Waals surface area (Å²) in [5.74, 6) is 1.20. The Hall–Kier alpha value is -1.06. The van der Waals surface area contributed by atoms with Gasteiger partial charge >= 0.3 is 0 Å². The highest BCUT2D eigenvalue weighted by Gasteiger charge is 2.09. The highest BCUT2D eigenvalue weighted by atomic mass is 16.5. The van der Waals surface area contributed by atoms with Gasteiger partial charge in [0.25, 0.3) is 0 Å². The maximum atomic E-state index is 9.06. The van der Waals surface area contributed by atoms with E-state index in [2.05, 4.69) is 31.3 Å². The summed E-state index contributed by atoms with van der Waals surface area (Å²) in [5, 5.41) is 12.5. The SMILES string of the molecule is CCCOc1ccc(CNC(C)C(C)CO)cc1. The average molecular weight is 251 g/mol. The van der Waals surface area contributed by atoms with Crippen molar-refractivity contribution in [2.75, 3.05) is 13.2 Å². The monoisotopic (exact) mass is 251 g/mol. The van der Waals surface area contributed by atoms with E-state index in [1.54, 1.807) is 0 Å². The fourth-order valence-electron chi connectivity index (χ4n) is 1.56. The van der Waals surface area contributed by atoms with Crippen LogP contribution in [0.25, 0.3) is 0 Å². The molecular formula is C15H25NO2. The van der Waals surface area contributed by atoms with Gasteiger partial charge in [-0.1, -0.05) is 26.0 Å². The van der Waals surface area contributed by atoms with E-state index in [0.29, 0.717) is 6.04 Å². The molecule has 0 saturated carbocycles. The normalized spacial score (nSPS) is 14.2. The van der Waals surface area contributed by atoms with Crippen LogP contribution in [0.2, 0.25) is 0 Å². The summed E-state index contributed by atoms with van der Waals surface area (Å²) in [6.07, 6.45) is 1.03. The molecule has 18 heavy (non-hydrogen) atoms. The molecule has 0 heterocycles. The van der Waals surface area contributed by atoms with Crippen molar-refractivity contribution >= 4 is 0 Å². The van der Waals surface area contributed by atoms with Gasteiger partial charge in [0.2, 0.25) is 0 Å². The molecule has 0 bridgehead atoms. The molecule has 0 amide bonds. The largest absolute Gasteiger partial charge is 0.494 e. The fraction of sp³-hybridized carbons (Fsp3) is 0.600. The minimum absolute atomic E-state index is 0.220. The van der Waals surface area contributed by atoms with Crippen LogP contribution in [0.3, 0.4) is 0 Å². The molecule has 2 unspecified atom stereocenters. The second-order valence-corrected chi connectivity index (χ2v) is 4.82. The molecule has 1 rings (SSSR count). The molecule has 0 radical (unpaired) electrons. The van der Waals surface area contributed by atoms with Gasteiger partial charge in [0, 0.05) is 19.2 Å². The van der Waals surface area contributed by atoms with Crippen LogP contribution in [0.15, 0.2) is 24.3 Å². The van der Waals surface area contributed by atoms with Gasteiger partial charge in [-0.2, -0.15) is 0 Å². The molecule has 1 aromatic carbocycles. The van der Waals surface area contributed by atoms with Crippen LogP contribution in [0, 0.1) is 5.92 Å². The van der Waals surface area contributed by atoms with E-state index < -0.39 is 0 Å². The van der Waals surface area contributed by atoms with Gasteiger partial charge in [-0.05, 0) is 37.0 Å². The molecule has 102 valence electrons. The van der Waals surface area contributed by atoms with Crippen LogP contribution in [-0.2, 0) is 6.54 Å². The molecule has 3 heteroatoms. The predicted molar refractivity (Wildman–Crippen MR) is 74.8 cm³/mol. The van der Waals surface area contributed by atoms with Crippen molar-refractivity contribution in [2.45, 2.75) is 39.8 Å². The van der Waals surface area contributed by atoms with Crippen molar-refractivity contribution in [1.29, 1.82) is 0 Å². The number of ether oxygens (including phenoxy) is 1. The lowest BCUT2D eigenvalue weighted by Gasteiger charge is -2.19. The summed E-state index contributed by atoms with van der Waals surface area (Å²) in [6.45, 7) is 8.04. The molecule has 2 N–H and O–H groups in total. The van der Waals surface area contributed by atoms with E-state index in [1.165, 1.54) is 5.56 Å². The van der Waals surface area contributed by atoms with Crippen molar-refractivity contribution in [2.24, 2.45) is 5.92 Å². The maximum absolute atomic E-state index is 9.06. The lowest BCUT2D eigenvalue weighted by molar-refractivity contribution is 0.207. The summed E-state index contributed by atoms with van der Waals surface area (Å²) >= 11 is 0. The van der Waals surface area contributed by atoms with Crippen LogP contribution in [-0.4, -0.2) is 24.4 Å². The van der Waals surface area contributed by atoms with Gasteiger partial charge in [0.15, 0.2) is 0 Å². The van der Waals surface area contributed by atoms with Crippen LogP contribution in [0.4, 0.5) is 0 Å². The molecule has 1 aromatic rings. The van der Waals surface area contributed by atoms with Crippen LogP contribution in [0.5, 0.6) is 5.75 Å². The lowest BCUT2D eigenvalue weighted by atomic mass is 10.0. The van der Waals surface area contributed by atoms with E-state index in [0.717, 1.165) is 25.3 Å². The highest BCUT2D eigenvalue weighted by Crippen LogP contribution is 2.13. The van der Waals surface area contributed by atoms with E-state index in [9.17, 15) is 0 Å². The molecule has 0 aliphatic rings. The van der Waals surface area contributed by atoms with E-state index in [-0.39, 0.29) is 12.5 Å². The van der Waals surface area contributed by atoms with Gasteiger partial charge in [0.05, 0.1) is 6.61 Å². The fourth-order valence-corrected chi connectivity index (χ4v) is 1.56. The molecule has 0 spiro atoms. The summed E-state index contributed by atoms with van der Waals surface area (Å²) < 4.78 is 5.54. The Balaban J connectivity index is 2.39. The Morgan fingerprint density at radius 1 is 1.22 bits per heavy atom. The zero-order valence-corrected chi connectivity index (χ0v) is 11.6. The van der Waals surface area contributed by atoms with Crippen molar-refractivity contribution in [1.82, 2.24) is 5.32 Å². The summed E-state index contributed by atoms with van der Waals surface area (Å²) in [4.78, 5) is 0. The number of aliphatic hydroxyl groups is 1. The van der Waals surface area contributed by atoms with Crippen molar-refractivity contribution < 1.29 is 9.84 Å². The van der Waals surface area contributed by atoms with Gasteiger partial charge < -0.3 is 15.2 Å². The minimum Gasteiger partial charge on any atom is -0.494 e. The zero-order chi connectivity index (χ0) is 13.4. The van der Waals surface area contributed by atoms with Gasteiger partial charge in [-0.25, -0.2) is 0 Å². The Morgan fingerprint density at radius 3 is 2.44 bits per heavy atom. The van der Waals surface area contributed by atoms with E-state index in [1.807, 2.05) is 19.1 Å². The van der Waals surface area contributed by atoms with Gasteiger partial charge in [-0.3, -0.25) is 0 Å². The number of benzene rings is 1. The maximum Gasteiger partial charge on any atom is 0.119 e. The number of hydrogen-bond donors (Lipinski definition) is 2. The zero-order valence-electron chi connectivity index (χ0n) is 11.6. The molecule has 2 atom stereocenters. The molecule has 0 saturated heterocycles. The molecule has 0 aliphatic carbocycles. The number of rotatable bonds is 8. The van der Waals surface area contributed by atoms with Crippen molar-refractivity contribution in [3.8, 4) is 5.75 Å². The third kappa shape index (κ3) is 5.07. The number of aliphatic hydroxyl groups excluding tert-OH is 1. The Labute approximate surface area is 110 Å². The van der Waals surface area contributed by atoms with Crippen molar-refractivity contribution in [3.05, 3.63) is 29.8 Å². The molecular weight excluding hydrogens is 226 g/mol. The third-order valence-electron chi connectivity index (χ3n) is 3.17. The predicted octanol–water partition coefficient (Wildman–Crippen LogP) is 2.58. The highest BCUT2D eigenvalue weighted by molar-refractivity contribution is 5.27. The lowest BCUT2D eigenvalue weighted by Crippen LogP contribution is -2.33.